The Morgan fingerprint density at radius 3 is 2.54 bits per heavy atom. The van der Waals surface area contributed by atoms with Gasteiger partial charge >= 0.3 is 0 Å². The van der Waals surface area contributed by atoms with Crippen molar-refractivity contribution >= 4 is 48.4 Å². The van der Waals surface area contributed by atoms with Gasteiger partial charge in [0.05, 0.1) is 16.8 Å². The average Bonchev–Trinajstić information content (AvgIpc) is 3.27. The maximum Gasteiger partial charge on any atom is 0.275 e. The fraction of sp³-hybridized carbons (Fsp3) is 0.353. The molecule has 28 heavy (non-hydrogen) atoms. The largest absolute Gasteiger partial charge is 0.312 e. The number of nitrogens with one attached hydrogen (secondary N) is 1. The van der Waals surface area contributed by atoms with E-state index in [9.17, 15) is 16.8 Å². The van der Waals surface area contributed by atoms with Gasteiger partial charge in [-0.3, -0.25) is 0 Å². The molecule has 0 aliphatic carbocycles. The second kappa shape index (κ2) is 7.82. The van der Waals surface area contributed by atoms with Gasteiger partial charge in [-0.15, -0.1) is 11.3 Å². The molecule has 152 valence electrons. The molecule has 0 radical (unpaired) electrons. The second-order valence-electron chi connectivity index (χ2n) is 6.20. The maximum absolute atomic E-state index is 13.0. The highest BCUT2D eigenvalue weighted by Gasteiger charge is 2.27. The number of aromatic nitrogens is 2. The number of anilines is 1. The van der Waals surface area contributed by atoms with Gasteiger partial charge in [-0.25, -0.2) is 30.8 Å². The van der Waals surface area contributed by atoms with Crippen molar-refractivity contribution in [3.05, 3.63) is 41.3 Å². The highest BCUT2D eigenvalue weighted by Crippen LogP contribution is 2.29. The van der Waals surface area contributed by atoms with Gasteiger partial charge in [0, 0.05) is 25.5 Å². The minimum absolute atomic E-state index is 0.0138. The smallest absolute Gasteiger partial charge is 0.275 e. The lowest BCUT2D eigenvalue weighted by Gasteiger charge is -2.17. The first kappa shape index (κ1) is 20.8. The van der Waals surface area contributed by atoms with Crippen molar-refractivity contribution in [1.29, 1.82) is 0 Å². The number of hydrogen-bond donors (Lipinski definition) is 1. The summed E-state index contributed by atoms with van der Waals surface area (Å²) in [5.74, 6) is 0.340. The zero-order chi connectivity index (χ0) is 20.5. The van der Waals surface area contributed by atoms with Crippen LogP contribution in [0, 0.1) is 0 Å². The van der Waals surface area contributed by atoms with Gasteiger partial charge in [-0.2, -0.15) is 0 Å². The van der Waals surface area contributed by atoms with E-state index < -0.39 is 20.0 Å². The van der Waals surface area contributed by atoms with Crippen LogP contribution < -0.4 is 9.03 Å². The average molecular weight is 443 g/mol. The molecule has 11 heteroatoms. The van der Waals surface area contributed by atoms with Crippen LogP contribution in [0.3, 0.4) is 0 Å². The molecule has 3 aromatic rings. The van der Waals surface area contributed by atoms with Crippen LogP contribution in [0.15, 0.2) is 40.6 Å². The summed E-state index contributed by atoms with van der Waals surface area (Å²) in [7, 11) is -3.78. The van der Waals surface area contributed by atoms with Crippen LogP contribution in [0.2, 0.25) is 0 Å². The summed E-state index contributed by atoms with van der Waals surface area (Å²) in [4.78, 5) is 5.22. The number of para-hydroxylation sites is 2. The highest BCUT2D eigenvalue weighted by atomic mass is 32.2. The summed E-state index contributed by atoms with van der Waals surface area (Å²) < 4.78 is 54.6. The van der Waals surface area contributed by atoms with Crippen molar-refractivity contribution in [1.82, 2.24) is 14.3 Å². The van der Waals surface area contributed by atoms with Gasteiger partial charge in [0.25, 0.3) is 10.0 Å². The van der Waals surface area contributed by atoms with Crippen molar-refractivity contribution in [2.45, 2.75) is 17.6 Å². The van der Waals surface area contributed by atoms with E-state index in [1.807, 2.05) is 24.3 Å². The van der Waals surface area contributed by atoms with E-state index in [4.69, 9.17) is 0 Å². The molecule has 0 saturated heterocycles. The molecule has 2 heterocycles. The molecule has 0 aliphatic rings. The quantitative estimate of drug-likeness (QED) is 0.574. The lowest BCUT2D eigenvalue weighted by Crippen LogP contribution is -2.28. The number of thiophene rings is 1. The molecule has 3 rings (SSSR count). The van der Waals surface area contributed by atoms with Gasteiger partial charge < -0.3 is 4.57 Å². The Bertz CT molecular complexity index is 1200. The monoisotopic (exact) mass is 442 g/mol. The predicted octanol–water partition coefficient (Wildman–Crippen LogP) is 1.94. The Morgan fingerprint density at radius 1 is 1.14 bits per heavy atom. The van der Waals surface area contributed by atoms with Crippen molar-refractivity contribution in [2.75, 3.05) is 23.7 Å². The molecule has 0 bridgehead atoms. The van der Waals surface area contributed by atoms with Crippen molar-refractivity contribution < 1.29 is 16.8 Å². The first-order chi connectivity index (χ1) is 13.2. The fourth-order valence-corrected chi connectivity index (χ4v) is 6.04. The molecule has 0 atom stereocenters. The van der Waals surface area contributed by atoms with E-state index in [0.29, 0.717) is 12.4 Å². The first-order valence-electron chi connectivity index (χ1n) is 8.62. The Balaban J connectivity index is 1.80. The Morgan fingerprint density at radius 2 is 1.86 bits per heavy atom. The van der Waals surface area contributed by atoms with Gasteiger partial charge in [0.2, 0.25) is 16.0 Å². The topological polar surface area (TPSA) is 101 Å². The van der Waals surface area contributed by atoms with E-state index in [2.05, 4.69) is 9.71 Å². The zero-order valence-electron chi connectivity index (χ0n) is 15.8. The summed E-state index contributed by atoms with van der Waals surface area (Å²) in [6, 6.07) is 10.7. The number of benzene rings is 1. The minimum atomic E-state index is -3.77. The number of nitrogens with zero attached hydrogens (tertiary/aromatic N) is 3. The summed E-state index contributed by atoms with van der Waals surface area (Å²) in [6.45, 7) is 1.80. The number of rotatable bonds is 8. The number of aryl methyl sites for hydroxylation is 1. The first-order valence-corrected chi connectivity index (χ1v) is 12.5. The van der Waals surface area contributed by atoms with Crippen molar-refractivity contribution in [3.8, 4) is 0 Å². The standard InChI is InChI=1S/C17H22N4O4S3/c1-4-27(22,23)18-12-11-13-9-10-16(26-13)28(24,25)21(3)17-19-14-7-5-6-8-15(14)20(17)2/h5-10,18H,4,11-12H2,1-3H3. The Kier molecular flexibility index (Phi) is 5.80. The van der Waals surface area contributed by atoms with Crippen LogP contribution in [-0.4, -0.2) is 45.7 Å². The second-order valence-corrected chi connectivity index (χ2v) is 11.7. The molecule has 0 unspecified atom stereocenters. The summed E-state index contributed by atoms with van der Waals surface area (Å²) >= 11 is 1.13. The van der Waals surface area contributed by atoms with E-state index in [0.717, 1.165) is 27.2 Å². The molecule has 0 saturated carbocycles. The molecular weight excluding hydrogens is 420 g/mol. The molecule has 1 aromatic carbocycles. The van der Waals surface area contributed by atoms with Crippen molar-refractivity contribution in [3.63, 3.8) is 0 Å². The van der Waals surface area contributed by atoms with Crippen LogP contribution in [0.4, 0.5) is 5.95 Å². The summed E-state index contributed by atoms with van der Waals surface area (Å²) in [5, 5.41) is 0. The number of imidazole rings is 1. The van der Waals surface area contributed by atoms with Gasteiger partial charge in [-0.1, -0.05) is 12.1 Å². The van der Waals surface area contributed by atoms with Crippen LogP contribution in [0.25, 0.3) is 11.0 Å². The summed E-state index contributed by atoms with van der Waals surface area (Å²) in [6.07, 6.45) is 0.426. The SMILES string of the molecule is CCS(=O)(=O)NCCc1ccc(S(=O)(=O)N(C)c2nc3ccccc3n2C)s1. The zero-order valence-corrected chi connectivity index (χ0v) is 18.2. The summed E-state index contributed by atoms with van der Waals surface area (Å²) in [5.41, 5.74) is 1.56. The molecule has 2 aromatic heterocycles. The third-order valence-corrected chi connectivity index (χ3v) is 9.12. The molecule has 0 spiro atoms. The molecule has 1 N–H and O–H groups in total. The third-order valence-electron chi connectivity index (χ3n) is 4.37. The van der Waals surface area contributed by atoms with E-state index in [1.165, 1.54) is 11.4 Å². The Hall–Kier alpha value is -1.95. The lowest BCUT2D eigenvalue weighted by atomic mass is 10.3. The maximum atomic E-state index is 13.0. The fourth-order valence-electron chi connectivity index (χ4n) is 2.72. The predicted molar refractivity (Wildman–Crippen MR) is 112 cm³/mol. The molecule has 0 fully saturated rings. The Labute approximate surface area is 168 Å². The number of hydrogen-bond acceptors (Lipinski definition) is 6. The van der Waals surface area contributed by atoms with Crippen molar-refractivity contribution in [2.24, 2.45) is 7.05 Å². The van der Waals surface area contributed by atoms with E-state index in [-0.39, 0.29) is 16.5 Å². The molecule has 0 amide bonds. The van der Waals surface area contributed by atoms with Gasteiger partial charge in [-0.05, 0) is 37.6 Å². The van der Waals surface area contributed by atoms with Crippen LogP contribution in [-0.2, 0) is 33.5 Å². The number of fused-ring (bicyclic) bond motifs is 1. The third kappa shape index (κ3) is 4.07. The van der Waals surface area contributed by atoms with Crippen LogP contribution in [0.1, 0.15) is 11.8 Å². The lowest BCUT2D eigenvalue weighted by molar-refractivity contribution is 0.583. The molecule has 8 nitrogen and oxygen atoms in total. The number of sulfonamides is 2. The van der Waals surface area contributed by atoms with Gasteiger partial charge in [0.1, 0.15) is 4.21 Å². The molecule has 0 aliphatic heterocycles. The van der Waals surface area contributed by atoms with Crippen LogP contribution in [0.5, 0.6) is 0 Å². The van der Waals surface area contributed by atoms with E-state index >= 15 is 0 Å². The molecular formula is C17H22N4O4S3. The highest BCUT2D eigenvalue weighted by molar-refractivity contribution is 7.94. The van der Waals surface area contributed by atoms with Crippen LogP contribution >= 0.6 is 11.3 Å². The normalized spacial score (nSPS) is 12.5. The van der Waals surface area contributed by atoms with Gasteiger partial charge in [0.15, 0.2) is 0 Å². The minimum Gasteiger partial charge on any atom is -0.312 e. The van der Waals surface area contributed by atoms with E-state index in [1.54, 1.807) is 30.7 Å².